The van der Waals surface area contributed by atoms with Gasteiger partial charge in [0.25, 0.3) is 5.91 Å². The number of benzene rings is 1. The number of carbonyl (C=O) groups excluding carboxylic acids is 1. The van der Waals surface area contributed by atoms with Gasteiger partial charge in [0.15, 0.2) is 0 Å². The van der Waals surface area contributed by atoms with Crippen molar-refractivity contribution in [1.82, 2.24) is 19.6 Å². The number of nitrogens with zero attached hydrogens (tertiary/aromatic N) is 3. The number of aromatic nitrogens is 2. The molecule has 34 heavy (non-hydrogen) atoms. The van der Waals surface area contributed by atoms with Crippen LogP contribution >= 0.6 is 11.6 Å². The molecule has 3 heterocycles. The van der Waals surface area contributed by atoms with Gasteiger partial charge in [0.2, 0.25) is 0 Å². The molecular weight excluding hydrogens is 467 g/mol. The van der Waals surface area contributed by atoms with Gasteiger partial charge in [0, 0.05) is 55.0 Å². The summed E-state index contributed by atoms with van der Waals surface area (Å²) in [5, 5.41) is 12.5. The number of pyridine rings is 1. The molecule has 2 amide bonds. The maximum atomic E-state index is 15.2. The molecule has 1 atom stereocenters. The quantitative estimate of drug-likeness (QED) is 0.493. The second-order valence-corrected chi connectivity index (χ2v) is 8.29. The number of fused-ring (bicyclic) bond motifs is 1. The molecule has 0 spiro atoms. The molecule has 0 saturated carbocycles. The number of rotatable bonds is 7. The lowest BCUT2D eigenvalue weighted by molar-refractivity contribution is -0.0214. The minimum atomic E-state index is -1.01. The summed E-state index contributed by atoms with van der Waals surface area (Å²) in [5.74, 6) is -1.01. The fraction of sp³-hybridized carbons (Fsp3) is 0.348. The highest BCUT2D eigenvalue weighted by molar-refractivity contribution is 6.30. The molecule has 1 aliphatic rings. The molecule has 1 saturated heterocycles. The highest BCUT2D eigenvalue weighted by atomic mass is 35.5. The average Bonchev–Trinajstić information content (AvgIpc) is 3.16. The van der Waals surface area contributed by atoms with Gasteiger partial charge in [0.1, 0.15) is 11.5 Å². The van der Waals surface area contributed by atoms with Gasteiger partial charge < -0.3 is 29.2 Å². The van der Waals surface area contributed by atoms with Gasteiger partial charge >= 0.3 is 6.09 Å². The number of carbonyl (C=O) groups is 2. The topological polar surface area (TPSA) is 105 Å². The monoisotopic (exact) mass is 490 g/mol. The highest BCUT2D eigenvalue weighted by Gasteiger charge is 2.27. The highest BCUT2D eigenvalue weighted by Crippen LogP contribution is 2.30. The zero-order valence-electron chi connectivity index (χ0n) is 18.5. The Bertz CT molecular complexity index is 1220. The summed E-state index contributed by atoms with van der Waals surface area (Å²) in [4.78, 5) is 29.6. The van der Waals surface area contributed by atoms with Crippen LogP contribution in [0.1, 0.15) is 16.1 Å². The second-order valence-electron chi connectivity index (χ2n) is 7.85. The Morgan fingerprint density at radius 3 is 2.91 bits per heavy atom. The third-order valence-electron chi connectivity index (χ3n) is 5.60. The van der Waals surface area contributed by atoms with E-state index in [4.69, 9.17) is 21.1 Å². The van der Waals surface area contributed by atoms with Crippen molar-refractivity contribution in [3.05, 3.63) is 58.6 Å². The summed E-state index contributed by atoms with van der Waals surface area (Å²) in [6.45, 7) is 1.42. The first-order chi connectivity index (χ1) is 16.4. The van der Waals surface area contributed by atoms with Gasteiger partial charge in [-0.05, 0) is 24.3 Å². The van der Waals surface area contributed by atoms with Crippen LogP contribution in [0.4, 0.5) is 9.18 Å². The van der Waals surface area contributed by atoms with Crippen molar-refractivity contribution in [2.75, 3.05) is 40.0 Å². The molecule has 0 bridgehead atoms. The summed E-state index contributed by atoms with van der Waals surface area (Å²) in [5.41, 5.74) is 1.94. The Balaban J connectivity index is 1.68. The zero-order valence-corrected chi connectivity index (χ0v) is 19.2. The van der Waals surface area contributed by atoms with Gasteiger partial charge in [-0.3, -0.25) is 4.79 Å². The van der Waals surface area contributed by atoms with Gasteiger partial charge in [-0.15, -0.1) is 0 Å². The molecule has 0 aliphatic carbocycles. The van der Waals surface area contributed by atoms with Crippen LogP contribution in [0.3, 0.4) is 0 Å². The normalized spacial score (nSPS) is 16.1. The van der Waals surface area contributed by atoms with Crippen molar-refractivity contribution in [2.24, 2.45) is 0 Å². The zero-order chi connectivity index (χ0) is 24.2. The number of hydrogen-bond donors (Lipinski definition) is 2. The molecule has 3 aromatic rings. The fourth-order valence-electron chi connectivity index (χ4n) is 3.93. The number of nitrogens with one attached hydrogen (secondary N) is 1. The number of carboxylic acid groups (broad SMARTS) is 1. The standard InChI is InChI=1S/C23H24ClFN4O5/c1-33-8-5-26-22(30)14-2-3-17(18(25)10-14)21-19(29-6-4-15(24)11-20(29)27-21)12-16-13-28(23(31)32)7-9-34-16/h2-4,6,10-11,16H,5,7-9,12-13H2,1H3,(H,26,30)(H,31,32)/t16-/m0/s1. The molecule has 1 aromatic carbocycles. The molecule has 1 aliphatic heterocycles. The van der Waals surface area contributed by atoms with Gasteiger partial charge in [0.05, 0.1) is 37.3 Å². The van der Waals surface area contributed by atoms with Crippen molar-refractivity contribution in [3.8, 4) is 11.3 Å². The lowest BCUT2D eigenvalue weighted by Crippen LogP contribution is -2.45. The maximum absolute atomic E-state index is 15.2. The molecule has 0 unspecified atom stereocenters. The molecule has 0 radical (unpaired) electrons. The third kappa shape index (κ3) is 5.14. The van der Waals surface area contributed by atoms with E-state index in [2.05, 4.69) is 10.3 Å². The minimum absolute atomic E-state index is 0.179. The molecule has 11 heteroatoms. The predicted octanol–water partition coefficient (Wildman–Crippen LogP) is 3.09. The Kier molecular flexibility index (Phi) is 7.30. The van der Waals surface area contributed by atoms with Gasteiger partial charge in [-0.1, -0.05) is 11.6 Å². The fourth-order valence-corrected chi connectivity index (χ4v) is 4.08. The SMILES string of the molecule is COCCNC(=O)c1ccc(-c2nc3cc(Cl)ccn3c2C[C@H]2CN(C(=O)O)CCO2)c(F)c1. The second kappa shape index (κ2) is 10.4. The van der Waals surface area contributed by atoms with Crippen molar-refractivity contribution in [3.63, 3.8) is 0 Å². The van der Waals surface area contributed by atoms with E-state index in [1.165, 1.54) is 30.2 Å². The first kappa shape index (κ1) is 23.9. The number of halogens is 2. The van der Waals surface area contributed by atoms with Crippen LogP contribution in [0.25, 0.3) is 16.9 Å². The number of imidazole rings is 1. The lowest BCUT2D eigenvalue weighted by Gasteiger charge is -2.31. The van der Waals surface area contributed by atoms with E-state index < -0.39 is 23.9 Å². The molecule has 9 nitrogen and oxygen atoms in total. The number of morpholine rings is 1. The van der Waals surface area contributed by atoms with Crippen LogP contribution in [0.5, 0.6) is 0 Å². The average molecular weight is 491 g/mol. The summed E-state index contributed by atoms with van der Waals surface area (Å²) in [6, 6.07) is 7.57. The van der Waals surface area contributed by atoms with Crippen LogP contribution in [-0.4, -0.2) is 77.5 Å². The number of hydrogen-bond acceptors (Lipinski definition) is 5. The van der Waals surface area contributed by atoms with Crippen LogP contribution < -0.4 is 5.32 Å². The molecular formula is C23H24ClFN4O5. The minimum Gasteiger partial charge on any atom is -0.465 e. The van der Waals surface area contributed by atoms with Gasteiger partial charge in [-0.2, -0.15) is 0 Å². The molecule has 2 aromatic heterocycles. The Labute approximate surface area is 200 Å². The van der Waals surface area contributed by atoms with Crippen LogP contribution in [0.2, 0.25) is 5.02 Å². The van der Waals surface area contributed by atoms with E-state index in [-0.39, 0.29) is 24.3 Å². The van der Waals surface area contributed by atoms with E-state index in [9.17, 15) is 14.7 Å². The summed E-state index contributed by atoms with van der Waals surface area (Å²) >= 11 is 6.13. The molecule has 4 rings (SSSR count). The third-order valence-corrected chi connectivity index (χ3v) is 5.83. The van der Waals surface area contributed by atoms with E-state index in [0.29, 0.717) is 48.2 Å². The first-order valence-electron chi connectivity index (χ1n) is 10.7. The predicted molar refractivity (Wildman–Crippen MR) is 123 cm³/mol. The van der Waals surface area contributed by atoms with E-state index in [1.807, 2.05) is 0 Å². The van der Waals surface area contributed by atoms with Crippen LogP contribution in [-0.2, 0) is 15.9 Å². The van der Waals surface area contributed by atoms with Gasteiger partial charge in [-0.25, -0.2) is 14.2 Å². The first-order valence-corrected chi connectivity index (χ1v) is 11.1. The molecule has 180 valence electrons. The number of methoxy groups -OCH3 is 1. The number of ether oxygens (including phenoxy) is 2. The van der Waals surface area contributed by atoms with E-state index in [0.717, 1.165) is 0 Å². The summed E-state index contributed by atoms with van der Waals surface area (Å²) < 4.78 is 27.7. The Morgan fingerprint density at radius 1 is 1.35 bits per heavy atom. The van der Waals surface area contributed by atoms with Crippen molar-refractivity contribution >= 4 is 29.2 Å². The van der Waals surface area contributed by atoms with E-state index in [1.54, 1.807) is 22.7 Å². The molecule has 1 fully saturated rings. The van der Waals surface area contributed by atoms with Crippen molar-refractivity contribution in [1.29, 1.82) is 0 Å². The van der Waals surface area contributed by atoms with Crippen molar-refractivity contribution < 1.29 is 28.6 Å². The summed E-state index contributed by atoms with van der Waals surface area (Å²) in [6.07, 6.45) is 0.606. The Hall–Kier alpha value is -3.21. The lowest BCUT2D eigenvalue weighted by atomic mass is 10.0. The Morgan fingerprint density at radius 2 is 2.18 bits per heavy atom. The van der Waals surface area contributed by atoms with E-state index >= 15 is 4.39 Å². The molecule has 2 N–H and O–H groups in total. The number of amides is 2. The smallest absolute Gasteiger partial charge is 0.407 e. The van der Waals surface area contributed by atoms with Crippen LogP contribution in [0, 0.1) is 5.82 Å². The largest absolute Gasteiger partial charge is 0.465 e. The summed E-state index contributed by atoms with van der Waals surface area (Å²) in [7, 11) is 1.53. The van der Waals surface area contributed by atoms with Crippen molar-refractivity contribution in [2.45, 2.75) is 12.5 Å². The maximum Gasteiger partial charge on any atom is 0.407 e. The van der Waals surface area contributed by atoms with Crippen LogP contribution in [0.15, 0.2) is 36.5 Å².